The number of carbonyl (C=O) groups excluding carboxylic acids is 1. The van der Waals surface area contributed by atoms with Crippen LogP contribution in [0.5, 0.6) is 5.75 Å². The summed E-state index contributed by atoms with van der Waals surface area (Å²) >= 11 is 3.24. The number of rotatable bonds is 6. The average Bonchev–Trinajstić information content (AvgIpc) is 3.15. The molecule has 4 rings (SSSR count). The van der Waals surface area contributed by atoms with Gasteiger partial charge >= 0.3 is 0 Å². The van der Waals surface area contributed by atoms with Gasteiger partial charge in [-0.15, -0.1) is 0 Å². The fraction of sp³-hybridized carbons (Fsp3) is 0.130. The lowest BCUT2D eigenvalue weighted by atomic mass is 10.2. The number of aromatic amines is 1. The summed E-state index contributed by atoms with van der Waals surface area (Å²) in [5.74, 6) is 0.420. The minimum atomic E-state index is -0.333. The predicted molar refractivity (Wildman–Crippen MR) is 123 cm³/mol. The Bertz CT molecular complexity index is 1240. The first-order valence-electron chi connectivity index (χ1n) is 9.54. The van der Waals surface area contributed by atoms with Crippen molar-refractivity contribution in [3.8, 4) is 5.75 Å². The van der Waals surface area contributed by atoms with Crippen LogP contribution < -0.4 is 15.0 Å². The Balaban J connectivity index is 1.46. The van der Waals surface area contributed by atoms with Crippen molar-refractivity contribution < 1.29 is 13.9 Å². The van der Waals surface area contributed by atoms with Crippen molar-refractivity contribution in [2.45, 2.75) is 6.61 Å². The molecular weight excluding hydrogens is 463 g/mol. The lowest BCUT2D eigenvalue weighted by Gasteiger charge is -2.12. The van der Waals surface area contributed by atoms with Gasteiger partial charge in [0, 0.05) is 46.8 Å². The monoisotopic (exact) mass is 482 g/mol. The van der Waals surface area contributed by atoms with E-state index in [0.29, 0.717) is 32.7 Å². The molecule has 8 heteroatoms. The van der Waals surface area contributed by atoms with Crippen molar-refractivity contribution in [2.24, 2.45) is 0 Å². The van der Waals surface area contributed by atoms with E-state index in [4.69, 9.17) is 4.74 Å². The molecule has 0 aliphatic heterocycles. The third-order valence-corrected chi connectivity index (χ3v) is 5.31. The van der Waals surface area contributed by atoms with Crippen molar-refractivity contribution in [1.29, 1.82) is 0 Å². The molecule has 0 aliphatic rings. The Kier molecular flexibility index (Phi) is 5.90. The summed E-state index contributed by atoms with van der Waals surface area (Å²) < 4.78 is 20.4. The summed E-state index contributed by atoms with van der Waals surface area (Å²) in [6.45, 7) is 0.102. The van der Waals surface area contributed by atoms with E-state index in [1.165, 1.54) is 6.07 Å². The minimum absolute atomic E-state index is 0.102. The Morgan fingerprint density at radius 3 is 2.61 bits per heavy atom. The molecule has 0 aliphatic carbocycles. The molecule has 3 aromatic carbocycles. The first-order chi connectivity index (χ1) is 14.9. The molecule has 4 aromatic rings. The Labute approximate surface area is 187 Å². The van der Waals surface area contributed by atoms with Crippen LogP contribution in [0.3, 0.4) is 0 Å². The molecular formula is C23H20BrFN4O2. The van der Waals surface area contributed by atoms with Crippen molar-refractivity contribution in [2.75, 3.05) is 24.3 Å². The summed E-state index contributed by atoms with van der Waals surface area (Å²) in [7, 11) is 3.89. The molecule has 6 nitrogen and oxygen atoms in total. The summed E-state index contributed by atoms with van der Waals surface area (Å²) in [5.41, 5.74) is 2.71. The van der Waals surface area contributed by atoms with Gasteiger partial charge in [-0.2, -0.15) is 5.10 Å². The molecule has 0 bridgehead atoms. The van der Waals surface area contributed by atoms with Crippen LogP contribution in [0.25, 0.3) is 10.9 Å². The normalized spacial score (nSPS) is 10.8. The second-order valence-electron chi connectivity index (χ2n) is 7.20. The molecule has 0 saturated carbocycles. The molecule has 1 amide bonds. The lowest BCUT2D eigenvalue weighted by Crippen LogP contribution is -2.13. The summed E-state index contributed by atoms with van der Waals surface area (Å²) in [6.07, 6.45) is 0. The SMILES string of the molecule is CN(C)c1ccc(C(=O)Nc2n[nH]c3cc(OCc4ccc(Br)cc4F)ccc23)cc1. The molecule has 31 heavy (non-hydrogen) atoms. The molecule has 2 N–H and O–H groups in total. The molecule has 0 radical (unpaired) electrons. The van der Waals surface area contributed by atoms with Crippen LogP contribution in [0.4, 0.5) is 15.9 Å². The molecule has 1 aromatic heterocycles. The molecule has 0 saturated heterocycles. The second kappa shape index (κ2) is 8.77. The van der Waals surface area contributed by atoms with E-state index in [1.807, 2.05) is 31.1 Å². The maximum Gasteiger partial charge on any atom is 0.256 e. The number of anilines is 2. The zero-order valence-corrected chi connectivity index (χ0v) is 18.5. The van der Waals surface area contributed by atoms with Crippen LogP contribution in [-0.2, 0) is 6.61 Å². The van der Waals surface area contributed by atoms with E-state index < -0.39 is 0 Å². The van der Waals surface area contributed by atoms with Gasteiger partial charge in [0.2, 0.25) is 0 Å². The number of benzene rings is 3. The molecule has 0 spiro atoms. The van der Waals surface area contributed by atoms with Gasteiger partial charge in [-0.05, 0) is 48.5 Å². The van der Waals surface area contributed by atoms with E-state index in [0.717, 1.165) is 11.1 Å². The molecule has 0 unspecified atom stereocenters. The quantitative estimate of drug-likeness (QED) is 0.388. The van der Waals surface area contributed by atoms with Gasteiger partial charge in [0.25, 0.3) is 5.91 Å². The average molecular weight is 483 g/mol. The number of carbonyl (C=O) groups is 1. The number of halogens is 2. The summed E-state index contributed by atoms with van der Waals surface area (Å²) in [5, 5.41) is 10.7. The van der Waals surface area contributed by atoms with Gasteiger partial charge in [-0.25, -0.2) is 4.39 Å². The van der Waals surface area contributed by atoms with Crippen LogP contribution in [0.1, 0.15) is 15.9 Å². The fourth-order valence-electron chi connectivity index (χ4n) is 3.07. The van der Waals surface area contributed by atoms with E-state index in [1.54, 1.807) is 42.5 Å². The maximum atomic E-state index is 14.0. The maximum absolute atomic E-state index is 14.0. The number of ether oxygens (including phenoxy) is 1. The highest BCUT2D eigenvalue weighted by molar-refractivity contribution is 9.10. The number of amides is 1. The van der Waals surface area contributed by atoms with Crippen LogP contribution in [-0.4, -0.2) is 30.2 Å². The number of hydrogen-bond acceptors (Lipinski definition) is 4. The standard InChI is InChI=1S/C23H20BrFN4O2/c1-29(2)17-7-4-14(5-8-17)23(30)26-22-19-10-9-18(12-21(19)27-28-22)31-13-15-3-6-16(24)11-20(15)25/h3-12H,13H2,1-2H3,(H2,26,27,28,30). The third-order valence-electron chi connectivity index (χ3n) is 4.82. The smallest absolute Gasteiger partial charge is 0.256 e. The van der Waals surface area contributed by atoms with Crippen molar-refractivity contribution in [1.82, 2.24) is 10.2 Å². The van der Waals surface area contributed by atoms with Crippen LogP contribution in [0, 0.1) is 5.82 Å². The van der Waals surface area contributed by atoms with E-state index in [-0.39, 0.29) is 18.3 Å². The topological polar surface area (TPSA) is 70.2 Å². The second-order valence-corrected chi connectivity index (χ2v) is 8.12. The zero-order valence-electron chi connectivity index (χ0n) is 16.9. The van der Waals surface area contributed by atoms with Gasteiger partial charge in [0.1, 0.15) is 18.2 Å². The summed E-state index contributed by atoms with van der Waals surface area (Å²) in [6, 6.07) is 17.5. The first kappa shape index (κ1) is 20.9. The van der Waals surface area contributed by atoms with Crippen molar-refractivity contribution in [3.63, 3.8) is 0 Å². The van der Waals surface area contributed by atoms with Gasteiger partial charge < -0.3 is 15.0 Å². The van der Waals surface area contributed by atoms with Crippen LogP contribution in [0.15, 0.2) is 65.1 Å². The Morgan fingerprint density at radius 1 is 1.13 bits per heavy atom. The number of H-pyrrole nitrogens is 1. The molecule has 0 atom stereocenters. The van der Waals surface area contributed by atoms with Crippen molar-refractivity contribution in [3.05, 3.63) is 82.1 Å². The summed E-state index contributed by atoms with van der Waals surface area (Å²) in [4.78, 5) is 14.5. The van der Waals surface area contributed by atoms with Gasteiger partial charge in [0.05, 0.1) is 5.52 Å². The van der Waals surface area contributed by atoms with E-state index in [2.05, 4.69) is 31.4 Å². The highest BCUT2D eigenvalue weighted by atomic mass is 79.9. The minimum Gasteiger partial charge on any atom is -0.489 e. The molecule has 1 heterocycles. The lowest BCUT2D eigenvalue weighted by molar-refractivity contribution is 0.102. The van der Waals surface area contributed by atoms with Crippen LogP contribution >= 0.6 is 15.9 Å². The number of nitrogens with one attached hydrogen (secondary N) is 2. The van der Waals surface area contributed by atoms with Crippen LogP contribution in [0.2, 0.25) is 0 Å². The third kappa shape index (κ3) is 4.69. The highest BCUT2D eigenvalue weighted by Gasteiger charge is 2.13. The van der Waals surface area contributed by atoms with Crippen molar-refractivity contribution >= 4 is 44.2 Å². The number of aromatic nitrogens is 2. The van der Waals surface area contributed by atoms with Gasteiger partial charge in [-0.1, -0.05) is 22.0 Å². The predicted octanol–water partition coefficient (Wildman–Crippen LogP) is 5.36. The molecule has 158 valence electrons. The highest BCUT2D eigenvalue weighted by Crippen LogP contribution is 2.26. The van der Waals surface area contributed by atoms with E-state index in [9.17, 15) is 9.18 Å². The Morgan fingerprint density at radius 2 is 1.90 bits per heavy atom. The largest absolute Gasteiger partial charge is 0.489 e. The fourth-order valence-corrected chi connectivity index (χ4v) is 3.41. The molecule has 0 fully saturated rings. The first-order valence-corrected chi connectivity index (χ1v) is 10.3. The van der Waals surface area contributed by atoms with Gasteiger partial charge in [-0.3, -0.25) is 9.89 Å². The van der Waals surface area contributed by atoms with Gasteiger partial charge in [0.15, 0.2) is 5.82 Å². The number of hydrogen-bond donors (Lipinski definition) is 2. The zero-order chi connectivity index (χ0) is 22.0. The Hall–Kier alpha value is -3.39. The van der Waals surface area contributed by atoms with E-state index >= 15 is 0 Å². The number of fused-ring (bicyclic) bond motifs is 1. The number of nitrogens with zero attached hydrogens (tertiary/aromatic N) is 2.